The first-order chi connectivity index (χ1) is 8.49. The topological polar surface area (TPSA) is 41.1 Å². The number of hydrogen-bond acceptors (Lipinski definition) is 1. The normalized spacial score (nSPS) is 11.5. The summed E-state index contributed by atoms with van der Waals surface area (Å²) in [5.74, 6) is 0.441. The average Bonchev–Trinajstić information content (AvgIpc) is 2.35. The molecular weight excluding hydrogens is 292 g/mol. The van der Waals surface area contributed by atoms with Crippen molar-refractivity contribution in [2.45, 2.75) is 27.3 Å². The van der Waals surface area contributed by atoms with Crippen molar-refractivity contribution in [2.75, 3.05) is 0 Å². The second kappa shape index (κ2) is 7.21. The standard InChI is InChI=1S/C14H19BrN2O/c1-10(2)11(3)8-16-14(18)17-9-12-4-6-13(15)7-5-12/h4-8,10H,9H2,1-3H3,(H2,16,17,18)/b11-8+. The van der Waals surface area contributed by atoms with Crippen LogP contribution in [0.4, 0.5) is 4.79 Å². The molecule has 98 valence electrons. The molecule has 0 aliphatic rings. The molecule has 0 bridgehead atoms. The number of urea groups is 1. The number of amides is 2. The van der Waals surface area contributed by atoms with E-state index in [1.165, 1.54) is 0 Å². The molecule has 1 aromatic rings. The van der Waals surface area contributed by atoms with Gasteiger partial charge in [0.1, 0.15) is 0 Å². The van der Waals surface area contributed by atoms with Crippen LogP contribution in [-0.2, 0) is 6.54 Å². The number of carbonyl (C=O) groups is 1. The Morgan fingerprint density at radius 1 is 1.33 bits per heavy atom. The Hall–Kier alpha value is -1.29. The predicted octanol–water partition coefficient (Wildman–Crippen LogP) is 3.81. The van der Waals surface area contributed by atoms with E-state index < -0.39 is 0 Å². The molecule has 0 spiro atoms. The van der Waals surface area contributed by atoms with Crippen LogP contribution in [0.25, 0.3) is 0 Å². The zero-order valence-corrected chi connectivity index (χ0v) is 12.5. The van der Waals surface area contributed by atoms with Crippen LogP contribution in [0.1, 0.15) is 26.3 Å². The van der Waals surface area contributed by atoms with Gasteiger partial charge in [0.25, 0.3) is 0 Å². The molecule has 18 heavy (non-hydrogen) atoms. The van der Waals surface area contributed by atoms with Gasteiger partial charge in [0.05, 0.1) is 0 Å². The number of halogens is 1. The lowest BCUT2D eigenvalue weighted by Crippen LogP contribution is -2.32. The van der Waals surface area contributed by atoms with Gasteiger partial charge in [0.2, 0.25) is 0 Å². The summed E-state index contributed by atoms with van der Waals surface area (Å²) in [5.41, 5.74) is 2.21. The van der Waals surface area contributed by atoms with Gasteiger partial charge in [-0.05, 0) is 30.5 Å². The van der Waals surface area contributed by atoms with Gasteiger partial charge < -0.3 is 10.6 Å². The van der Waals surface area contributed by atoms with Crippen LogP contribution in [-0.4, -0.2) is 6.03 Å². The van der Waals surface area contributed by atoms with Crippen LogP contribution >= 0.6 is 15.9 Å². The Morgan fingerprint density at radius 2 is 1.94 bits per heavy atom. The molecule has 1 rings (SSSR count). The van der Waals surface area contributed by atoms with Crippen molar-refractivity contribution < 1.29 is 4.79 Å². The van der Waals surface area contributed by atoms with E-state index in [2.05, 4.69) is 40.4 Å². The van der Waals surface area contributed by atoms with Crippen molar-refractivity contribution in [3.8, 4) is 0 Å². The monoisotopic (exact) mass is 310 g/mol. The van der Waals surface area contributed by atoms with E-state index in [0.717, 1.165) is 15.6 Å². The zero-order valence-electron chi connectivity index (χ0n) is 11.0. The van der Waals surface area contributed by atoms with Gasteiger partial charge in [0, 0.05) is 17.2 Å². The zero-order chi connectivity index (χ0) is 13.5. The maximum atomic E-state index is 11.5. The molecule has 3 nitrogen and oxygen atoms in total. The van der Waals surface area contributed by atoms with Crippen LogP contribution in [0, 0.1) is 5.92 Å². The van der Waals surface area contributed by atoms with Crippen molar-refractivity contribution in [3.63, 3.8) is 0 Å². The summed E-state index contributed by atoms with van der Waals surface area (Å²) >= 11 is 3.37. The first-order valence-corrected chi connectivity index (χ1v) is 6.74. The first-order valence-electron chi connectivity index (χ1n) is 5.94. The second-order valence-corrected chi connectivity index (χ2v) is 5.41. The molecule has 0 saturated carbocycles. The summed E-state index contributed by atoms with van der Waals surface area (Å²) in [6.45, 7) is 6.70. The number of hydrogen-bond donors (Lipinski definition) is 2. The van der Waals surface area contributed by atoms with Crippen LogP contribution in [0.3, 0.4) is 0 Å². The smallest absolute Gasteiger partial charge is 0.319 e. The second-order valence-electron chi connectivity index (χ2n) is 4.50. The van der Waals surface area contributed by atoms with E-state index >= 15 is 0 Å². The summed E-state index contributed by atoms with van der Waals surface area (Å²) in [6.07, 6.45) is 1.75. The first kappa shape index (κ1) is 14.8. The Labute approximate surface area is 117 Å². The molecule has 0 aliphatic carbocycles. The quantitative estimate of drug-likeness (QED) is 0.872. The van der Waals surface area contributed by atoms with Crippen molar-refractivity contribution in [1.29, 1.82) is 0 Å². The molecular formula is C14H19BrN2O. The summed E-state index contributed by atoms with van der Waals surface area (Å²) in [5, 5.41) is 5.53. The van der Waals surface area contributed by atoms with Crippen LogP contribution in [0.15, 0.2) is 40.5 Å². The van der Waals surface area contributed by atoms with Gasteiger partial charge in [-0.25, -0.2) is 4.79 Å². The van der Waals surface area contributed by atoms with Gasteiger partial charge in [-0.2, -0.15) is 0 Å². The summed E-state index contributed by atoms with van der Waals surface area (Å²) < 4.78 is 1.03. The summed E-state index contributed by atoms with van der Waals surface area (Å²) in [7, 11) is 0. The van der Waals surface area contributed by atoms with E-state index in [1.54, 1.807) is 6.20 Å². The Kier molecular flexibility index (Phi) is 5.92. The number of carbonyl (C=O) groups excluding carboxylic acids is 1. The SMILES string of the molecule is C/C(=C\NC(=O)NCc1ccc(Br)cc1)C(C)C. The lowest BCUT2D eigenvalue weighted by atomic mass is 10.1. The Balaban J connectivity index is 2.38. The Morgan fingerprint density at radius 3 is 2.50 bits per heavy atom. The van der Waals surface area contributed by atoms with Crippen molar-refractivity contribution in [3.05, 3.63) is 46.1 Å². The highest BCUT2D eigenvalue weighted by Gasteiger charge is 2.00. The minimum Gasteiger partial charge on any atom is -0.334 e. The maximum absolute atomic E-state index is 11.5. The van der Waals surface area contributed by atoms with Crippen molar-refractivity contribution in [1.82, 2.24) is 10.6 Å². The number of benzene rings is 1. The minimum atomic E-state index is -0.182. The van der Waals surface area contributed by atoms with E-state index in [-0.39, 0.29) is 6.03 Å². The van der Waals surface area contributed by atoms with E-state index in [1.807, 2.05) is 31.2 Å². The number of allylic oxidation sites excluding steroid dienone is 1. The molecule has 0 radical (unpaired) electrons. The van der Waals surface area contributed by atoms with Gasteiger partial charge in [-0.3, -0.25) is 0 Å². The lowest BCUT2D eigenvalue weighted by molar-refractivity contribution is 0.243. The van der Waals surface area contributed by atoms with Crippen LogP contribution in [0.2, 0.25) is 0 Å². The fraction of sp³-hybridized carbons (Fsp3) is 0.357. The molecule has 4 heteroatoms. The molecule has 0 heterocycles. The highest BCUT2D eigenvalue weighted by Crippen LogP contribution is 2.10. The molecule has 0 fully saturated rings. The fourth-order valence-corrected chi connectivity index (χ4v) is 1.45. The third kappa shape index (κ3) is 5.36. The van der Waals surface area contributed by atoms with Crippen LogP contribution < -0.4 is 10.6 Å². The number of nitrogens with one attached hydrogen (secondary N) is 2. The molecule has 1 aromatic carbocycles. The van der Waals surface area contributed by atoms with Gasteiger partial charge in [-0.1, -0.05) is 47.5 Å². The summed E-state index contributed by atoms with van der Waals surface area (Å²) in [4.78, 5) is 11.5. The molecule has 2 N–H and O–H groups in total. The van der Waals surface area contributed by atoms with Crippen LogP contribution in [0.5, 0.6) is 0 Å². The fourth-order valence-electron chi connectivity index (χ4n) is 1.18. The highest BCUT2D eigenvalue weighted by molar-refractivity contribution is 9.10. The lowest BCUT2D eigenvalue weighted by Gasteiger charge is -2.08. The summed E-state index contributed by atoms with van der Waals surface area (Å²) in [6, 6.07) is 7.67. The van der Waals surface area contributed by atoms with E-state index in [9.17, 15) is 4.79 Å². The predicted molar refractivity (Wildman–Crippen MR) is 78.1 cm³/mol. The largest absolute Gasteiger partial charge is 0.334 e. The Bertz CT molecular complexity index is 424. The molecule has 0 aliphatic heterocycles. The van der Waals surface area contributed by atoms with E-state index in [4.69, 9.17) is 0 Å². The maximum Gasteiger partial charge on any atom is 0.319 e. The molecule has 2 amide bonds. The van der Waals surface area contributed by atoms with E-state index in [0.29, 0.717) is 12.5 Å². The van der Waals surface area contributed by atoms with Gasteiger partial charge >= 0.3 is 6.03 Å². The van der Waals surface area contributed by atoms with Crippen molar-refractivity contribution >= 4 is 22.0 Å². The molecule has 0 saturated heterocycles. The third-order valence-electron chi connectivity index (χ3n) is 2.71. The minimum absolute atomic E-state index is 0.182. The van der Waals surface area contributed by atoms with Gasteiger partial charge in [0.15, 0.2) is 0 Å². The third-order valence-corrected chi connectivity index (χ3v) is 3.24. The average molecular weight is 311 g/mol. The molecule has 0 atom stereocenters. The highest BCUT2D eigenvalue weighted by atomic mass is 79.9. The van der Waals surface area contributed by atoms with Gasteiger partial charge in [-0.15, -0.1) is 0 Å². The molecule has 0 unspecified atom stereocenters. The number of rotatable bonds is 4. The molecule has 0 aromatic heterocycles. The van der Waals surface area contributed by atoms with Crippen molar-refractivity contribution in [2.24, 2.45) is 5.92 Å².